The third-order valence-corrected chi connectivity index (χ3v) is 3.57. The molecule has 0 bridgehead atoms. The van der Waals surface area contributed by atoms with Crippen molar-refractivity contribution < 1.29 is 9.53 Å². The number of esters is 1. The molecule has 0 spiro atoms. The van der Waals surface area contributed by atoms with E-state index in [1.165, 1.54) is 7.11 Å². The largest absolute Gasteiger partial charge is 0.465 e. The van der Waals surface area contributed by atoms with Gasteiger partial charge >= 0.3 is 5.97 Å². The lowest BCUT2D eigenvalue weighted by Gasteiger charge is -2.05. The summed E-state index contributed by atoms with van der Waals surface area (Å²) in [7, 11) is 1.40. The molecule has 0 aliphatic carbocycles. The van der Waals surface area contributed by atoms with E-state index in [1.54, 1.807) is 0 Å². The molecule has 20 heavy (non-hydrogen) atoms. The lowest BCUT2D eigenvalue weighted by molar-refractivity contribution is 0.0601. The van der Waals surface area contributed by atoms with E-state index in [2.05, 4.69) is 23.0 Å². The third kappa shape index (κ3) is 1.84. The van der Waals surface area contributed by atoms with Gasteiger partial charge in [0.1, 0.15) is 5.65 Å². The Morgan fingerprint density at radius 3 is 2.85 bits per heavy atom. The molecule has 0 aliphatic heterocycles. The molecule has 0 saturated heterocycles. The number of ether oxygens (including phenoxy) is 1. The van der Waals surface area contributed by atoms with Crippen LogP contribution in [0.2, 0.25) is 0 Å². The van der Waals surface area contributed by atoms with Crippen molar-refractivity contribution in [3.05, 3.63) is 41.1 Å². The van der Waals surface area contributed by atoms with E-state index < -0.39 is 0 Å². The number of H-pyrrole nitrogens is 1. The van der Waals surface area contributed by atoms with Crippen LogP contribution in [0.25, 0.3) is 21.9 Å². The van der Waals surface area contributed by atoms with Crippen molar-refractivity contribution >= 4 is 27.9 Å². The zero-order valence-electron chi connectivity index (χ0n) is 11.8. The molecule has 1 aromatic carbocycles. The number of rotatable bonds is 2. The molecule has 4 nitrogen and oxygen atoms in total. The number of nitrogens with zero attached hydrogens (tertiary/aromatic N) is 1. The first kappa shape index (κ1) is 12.7. The summed E-state index contributed by atoms with van der Waals surface area (Å²) in [5.41, 5.74) is 4.60. The van der Waals surface area contributed by atoms with Gasteiger partial charge in [-0.25, -0.2) is 9.78 Å². The van der Waals surface area contributed by atoms with Crippen molar-refractivity contribution in [3.63, 3.8) is 0 Å². The molecule has 102 valence electrons. The Balaban J connectivity index is 2.39. The fraction of sp³-hybridized carbons (Fsp3) is 0.250. The van der Waals surface area contributed by atoms with Crippen LogP contribution in [-0.4, -0.2) is 23.0 Å². The van der Waals surface area contributed by atoms with Gasteiger partial charge in [-0.05, 0) is 42.7 Å². The van der Waals surface area contributed by atoms with Crippen LogP contribution in [0.15, 0.2) is 24.4 Å². The van der Waals surface area contributed by atoms with Crippen LogP contribution in [0.5, 0.6) is 0 Å². The number of pyridine rings is 1. The predicted molar refractivity (Wildman–Crippen MR) is 79.1 cm³/mol. The second kappa shape index (κ2) is 4.63. The number of aromatic nitrogens is 2. The Morgan fingerprint density at radius 1 is 1.35 bits per heavy atom. The molecule has 0 unspecified atom stereocenters. The molecule has 0 amide bonds. The van der Waals surface area contributed by atoms with E-state index in [4.69, 9.17) is 4.74 Å². The summed E-state index contributed by atoms with van der Waals surface area (Å²) in [6.07, 6.45) is 2.69. The smallest absolute Gasteiger partial charge is 0.337 e. The highest BCUT2D eigenvalue weighted by atomic mass is 16.5. The van der Waals surface area contributed by atoms with E-state index in [-0.39, 0.29) is 5.97 Å². The average Bonchev–Trinajstić information content (AvgIpc) is 2.83. The van der Waals surface area contributed by atoms with Crippen LogP contribution in [0, 0.1) is 6.92 Å². The van der Waals surface area contributed by atoms with Gasteiger partial charge < -0.3 is 9.72 Å². The zero-order chi connectivity index (χ0) is 14.3. The van der Waals surface area contributed by atoms with Gasteiger partial charge in [0, 0.05) is 22.5 Å². The fourth-order valence-corrected chi connectivity index (χ4v) is 2.62. The Hall–Kier alpha value is -2.36. The fourth-order valence-electron chi connectivity index (χ4n) is 2.62. The molecule has 3 aromatic rings. The van der Waals surface area contributed by atoms with E-state index in [9.17, 15) is 4.79 Å². The average molecular weight is 268 g/mol. The summed E-state index contributed by atoms with van der Waals surface area (Å²) in [6.45, 7) is 4.11. The third-order valence-electron chi connectivity index (χ3n) is 3.57. The maximum Gasteiger partial charge on any atom is 0.337 e. The number of aromatic amines is 1. The normalized spacial score (nSPS) is 11.2. The highest BCUT2D eigenvalue weighted by Gasteiger charge is 2.14. The molecule has 2 heterocycles. The number of carbonyl (C=O) groups excluding carboxylic acids is 1. The molecule has 0 radical (unpaired) electrons. The van der Waals surface area contributed by atoms with Crippen molar-refractivity contribution in [1.29, 1.82) is 0 Å². The summed E-state index contributed by atoms with van der Waals surface area (Å²) in [5, 5.41) is 2.25. The van der Waals surface area contributed by atoms with Crippen molar-refractivity contribution in [2.24, 2.45) is 0 Å². The number of carbonyl (C=O) groups is 1. The van der Waals surface area contributed by atoms with Crippen molar-refractivity contribution in [1.82, 2.24) is 9.97 Å². The quantitative estimate of drug-likeness (QED) is 0.725. The summed E-state index contributed by atoms with van der Waals surface area (Å²) in [6, 6.07) is 5.86. The minimum atomic E-state index is -0.315. The molecule has 0 saturated carbocycles. The van der Waals surface area contributed by atoms with Crippen molar-refractivity contribution in [2.75, 3.05) is 7.11 Å². The Bertz CT molecular complexity index is 818. The molecule has 3 rings (SSSR count). The summed E-state index contributed by atoms with van der Waals surface area (Å²) in [4.78, 5) is 19.4. The Labute approximate surface area is 116 Å². The molecule has 4 heteroatoms. The monoisotopic (exact) mass is 268 g/mol. The highest BCUT2D eigenvalue weighted by Crippen LogP contribution is 2.29. The summed E-state index contributed by atoms with van der Waals surface area (Å²) >= 11 is 0. The summed E-state index contributed by atoms with van der Waals surface area (Å²) in [5.74, 6) is -0.315. The van der Waals surface area contributed by atoms with Gasteiger partial charge in [-0.15, -0.1) is 0 Å². The van der Waals surface area contributed by atoms with Crippen molar-refractivity contribution in [3.8, 4) is 0 Å². The van der Waals surface area contributed by atoms with E-state index in [1.807, 2.05) is 25.3 Å². The van der Waals surface area contributed by atoms with E-state index in [0.29, 0.717) is 5.56 Å². The SMILES string of the molecule is CCc1cc(C(=O)OC)cc2[nH]c3ncc(C)cc3c12. The molecule has 0 atom stereocenters. The van der Waals surface area contributed by atoms with Gasteiger partial charge in [0.25, 0.3) is 0 Å². The number of hydrogen-bond acceptors (Lipinski definition) is 3. The number of benzene rings is 1. The number of hydrogen-bond donors (Lipinski definition) is 1. The van der Waals surface area contributed by atoms with Gasteiger partial charge in [0.15, 0.2) is 0 Å². The van der Waals surface area contributed by atoms with Gasteiger partial charge in [0.2, 0.25) is 0 Å². The second-order valence-electron chi connectivity index (χ2n) is 4.94. The lowest BCUT2D eigenvalue weighted by Crippen LogP contribution is -2.02. The maximum absolute atomic E-state index is 11.7. The maximum atomic E-state index is 11.7. The first-order chi connectivity index (χ1) is 9.63. The molecular formula is C16H16N2O2. The van der Waals surface area contributed by atoms with E-state index >= 15 is 0 Å². The lowest BCUT2D eigenvalue weighted by atomic mass is 10.0. The van der Waals surface area contributed by atoms with Crippen LogP contribution in [-0.2, 0) is 11.2 Å². The minimum Gasteiger partial charge on any atom is -0.465 e. The molecule has 0 aliphatic rings. The van der Waals surface area contributed by atoms with Gasteiger partial charge in [-0.3, -0.25) is 0 Å². The van der Waals surface area contributed by atoms with Crippen LogP contribution < -0.4 is 0 Å². The van der Waals surface area contributed by atoms with Gasteiger partial charge in [-0.2, -0.15) is 0 Å². The minimum absolute atomic E-state index is 0.315. The summed E-state index contributed by atoms with van der Waals surface area (Å²) < 4.78 is 4.81. The Kier molecular flexibility index (Phi) is 2.93. The zero-order valence-corrected chi connectivity index (χ0v) is 11.8. The Morgan fingerprint density at radius 2 is 2.15 bits per heavy atom. The number of methoxy groups -OCH3 is 1. The first-order valence-corrected chi connectivity index (χ1v) is 6.63. The highest BCUT2D eigenvalue weighted by molar-refractivity contribution is 6.09. The standard InChI is InChI=1S/C16H16N2O2/c1-4-10-6-11(16(19)20-3)7-13-14(10)12-5-9(2)8-17-15(12)18-13/h5-8H,4H2,1-3H3,(H,17,18). The molecule has 0 fully saturated rings. The van der Waals surface area contributed by atoms with Crippen molar-refractivity contribution in [2.45, 2.75) is 20.3 Å². The topological polar surface area (TPSA) is 55.0 Å². The number of fused-ring (bicyclic) bond motifs is 3. The second-order valence-corrected chi connectivity index (χ2v) is 4.94. The van der Waals surface area contributed by atoms with Crippen LogP contribution in [0.4, 0.5) is 0 Å². The predicted octanol–water partition coefficient (Wildman–Crippen LogP) is 3.37. The van der Waals surface area contributed by atoms with Gasteiger partial charge in [0.05, 0.1) is 12.7 Å². The molecule has 1 N–H and O–H groups in total. The van der Waals surface area contributed by atoms with Crippen LogP contribution in [0.1, 0.15) is 28.4 Å². The van der Waals surface area contributed by atoms with Crippen LogP contribution >= 0.6 is 0 Å². The number of nitrogens with one attached hydrogen (secondary N) is 1. The molecule has 2 aromatic heterocycles. The molecular weight excluding hydrogens is 252 g/mol. The van der Waals surface area contributed by atoms with Gasteiger partial charge in [-0.1, -0.05) is 6.92 Å². The number of aryl methyl sites for hydroxylation is 2. The van der Waals surface area contributed by atoms with Crippen LogP contribution in [0.3, 0.4) is 0 Å². The van der Waals surface area contributed by atoms with E-state index in [0.717, 1.165) is 39.5 Å². The first-order valence-electron chi connectivity index (χ1n) is 6.63.